The van der Waals surface area contributed by atoms with E-state index < -0.39 is 54.4 Å². The van der Waals surface area contributed by atoms with Gasteiger partial charge in [0.05, 0.1) is 28.0 Å². The number of unbranched alkanes of at least 4 members (excludes halogenated alkanes) is 3. The number of benzene rings is 2. The Morgan fingerprint density at radius 2 is 1.44 bits per heavy atom. The van der Waals surface area contributed by atoms with Gasteiger partial charge in [0.25, 0.3) is 38.0 Å². The summed E-state index contributed by atoms with van der Waals surface area (Å²) >= 11 is 0. The lowest BCUT2D eigenvalue weighted by Crippen LogP contribution is -2.32. The van der Waals surface area contributed by atoms with Crippen molar-refractivity contribution in [1.82, 2.24) is 16.0 Å². The number of hydrogen-bond acceptors (Lipinski definition) is 9. The van der Waals surface area contributed by atoms with E-state index in [1.165, 1.54) is 6.07 Å². The van der Waals surface area contributed by atoms with E-state index in [-0.39, 0.29) is 48.9 Å². The average Bonchev–Trinajstić information content (AvgIpc) is 3.51. The van der Waals surface area contributed by atoms with Crippen LogP contribution in [0.1, 0.15) is 129 Å². The highest BCUT2D eigenvalue weighted by Gasteiger charge is 2.47. The number of carbonyl (C=O) groups excluding carboxylic acids is 3. The zero-order valence-electron chi connectivity index (χ0n) is 35.8. The molecule has 0 spiro atoms. The summed E-state index contributed by atoms with van der Waals surface area (Å²) in [6, 6.07) is 8.61. The van der Waals surface area contributed by atoms with Gasteiger partial charge in [-0.25, -0.2) is 0 Å². The molecular formula is C43H60N5O11S2+. The number of hydrogen-bond donors (Lipinski definition) is 6. The van der Waals surface area contributed by atoms with Crippen molar-refractivity contribution in [2.75, 3.05) is 49.1 Å². The zero-order chi connectivity index (χ0) is 45.3. The van der Waals surface area contributed by atoms with E-state index in [2.05, 4.69) is 27.8 Å². The Kier molecular flexibility index (Phi) is 16.2. The molecule has 0 aromatic heterocycles. The van der Waals surface area contributed by atoms with Crippen molar-refractivity contribution < 1.29 is 54.8 Å². The summed E-state index contributed by atoms with van der Waals surface area (Å²) in [7, 11) is -8.60. The third-order valence-electron chi connectivity index (χ3n) is 11.0. The summed E-state index contributed by atoms with van der Waals surface area (Å²) in [5.74, 6) is -3.31. The number of carbonyl (C=O) groups is 4. The van der Waals surface area contributed by atoms with Gasteiger partial charge >= 0.3 is 5.97 Å². The lowest BCUT2D eigenvalue weighted by molar-refractivity contribution is -0.437. The van der Waals surface area contributed by atoms with Crippen LogP contribution in [-0.2, 0) is 35.9 Å². The minimum absolute atomic E-state index is 0.0602. The summed E-state index contributed by atoms with van der Waals surface area (Å²) in [5.41, 5.74) is 3.56. The number of nitrogens with one attached hydrogen (secondary N) is 3. The van der Waals surface area contributed by atoms with Crippen LogP contribution in [0.2, 0.25) is 0 Å². The van der Waals surface area contributed by atoms with Gasteiger partial charge in [0, 0.05) is 84.7 Å². The molecule has 334 valence electrons. The molecule has 61 heavy (non-hydrogen) atoms. The molecular weight excluding hydrogens is 827 g/mol. The summed E-state index contributed by atoms with van der Waals surface area (Å²) in [6.45, 7) is 12.8. The number of carboxylic acid groups (broad SMARTS) is 1. The van der Waals surface area contributed by atoms with Crippen molar-refractivity contribution in [3.05, 3.63) is 82.1 Å². The van der Waals surface area contributed by atoms with E-state index >= 15 is 0 Å². The van der Waals surface area contributed by atoms with E-state index in [0.29, 0.717) is 61.4 Å². The average molecular weight is 887 g/mol. The SMILES string of the molecule is CCCCN1C(=CC=CC2=[N+](CCCS(=O)(=O)O)c3cccc(C(=O)NCCCCCC(=O)O)c3C2(C)C)C(C)(C)c2c(C(=O)NCCS(=O)(=O)O)cc(C(=O)NCC)cc21. The van der Waals surface area contributed by atoms with Crippen molar-refractivity contribution in [2.24, 2.45) is 0 Å². The molecule has 0 radical (unpaired) electrons. The maximum absolute atomic E-state index is 13.8. The lowest BCUT2D eigenvalue weighted by Gasteiger charge is -2.27. The molecule has 2 heterocycles. The van der Waals surface area contributed by atoms with Crippen LogP contribution < -0.4 is 20.9 Å². The monoisotopic (exact) mass is 886 g/mol. The Hall–Kier alpha value is -4.91. The minimum Gasteiger partial charge on any atom is -0.481 e. The second-order valence-corrected chi connectivity index (χ2v) is 19.5. The van der Waals surface area contributed by atoms with Gasteiger partial charge in [-0.05, 0) is 64.3 Å². The van der Waals surface area contributed by atoms with Crippen LogP contribution >= 0.6 is 0 Å². The van der Waals surface area contributed by atoms with E-state index in [1.807, 2.05) is 56.6 Å². The van der Waals surface area contributed by atoms with E-state index in [9.17, 15) is 45.1 Å². The van der Waals surface area contributed by atoms with Gasteiger partial charge < -0.3 is 26.0 Å². The van der Waals surface area contributed by atoms with Gasteiger partial charge in [-0.3, -0.25) is 28.3 Å². The van der Waals surface area contributed by atoms with Crippen LogP contribution in [0.4, 0.5) is 11.4 Å². The van der Waals surface area contributed by atoms with Gasteiger partial charge in [0.1, 0.15) is 6.54 Å². The first-order valence-corrected chi connectivity index (χ1v) is 23.9. The Morgan fingerprint density at radius 1 is 0.770 bits per heavy atom. The molecule has 0 fully saturated rings. The van der Waals surface area contributed by atoms with Crippen LogP contribution in [0.15, 0.2) is 54.3 Å². The maximum Gasteiger partial charge on any atom is 0.303 e. The predicted molar refractivity (Wildman–Crippen MR) is 234 cm³/mol. The number of amides is 3. The number of aliphatic carboxylic acids is 1. The third kappa shape index (κ3) is 12.1. The molecule has 0 aliphatic carbocycles. The van der Waals surface area contributed by atoms with Gasteiger partial charge in [-0.2, -0.15) is 21.4 Å². The van der Waals surface area contributed by atoms with E-state index in [0.717, 1.165) is 29.8 Å². The number of rotatable bonds is 22. The summed E-state index contributed by atoms with van der Waals surface area (Å²) in [4.78, 5) is 53.7. The van der Waals surface area contributed by atoms with Gasteiger partial charge in [-0.15, -0.1) is 0 Å². The van der Waals surface area contributed by atoms with Gasteiger partial charge in [-0.1, -0.05) is 45.8 Å². The molecule has 4 rings (SSSR count). The number of nitrogens with zero attached hydrogens (tertiary/aromatic N) is 2. The molecule has 6 N–H and O–H groups in total. The molecule has 2 aliphatic heterocycles. The van der Waals surface area contributed by atoms with Crippen LogP contribution in [0, 0.1) is 0 Å². The molecule has 0 saturated heterocycles. The van der Waals surface area contributed by atoms with E-state index in [4.69, 9.17) is 5.11 Å². The molecule has 0 bridgehead atoms. The normalized spacial score (nSPS) is 16.2. The first-order chi connectivity index (χ1) is 28.5. The summed E-state index contributed by atoms with van der Waals surface area (Å²) in [6.07, 6.45) is 9.23. The second kappa shape index (κ2) is 20.3. The molecule has 18 heteroatoms. The Labute approximate surface area is 359 Å². The van der Waals surface area contributed by atoms with Crippen molar-refractivity contribution in [3.8, 4) is 0 Å². The topological polar surface area (TPSA) is 240 Å². The Bertz CT molecular complexity index is 2330. The zero-order valence-corrected chi connectivity index (χ0v) is 37.5. The summed E-state index contributed by atoms with van der Waals surface area (Å²) in [5, 5.41) is 17.3. The fourth-order valence-electron chi connectivity index (χ4n) is 8.16. The first-order valence-electron chi connectivity index (χ1n) is 20.6. The molecule has 2 aliphatic rings. The van der Waals surface area contributed by atoms with Crippen molar-refractivity contribution in [3.63, 3.8) is 0 Å². The lowest BCUT2D eigenvalue weighted by atomic mass is 9.78. The largest absolute Gasteiger partial charge is 0.481 e. The van der Waals surface area contributed by atoms with E-state index in [1.54, 1.807) is 25.1 Å². The maximum atomic E-state index is 13.8. The van der Waals surface area contributed by atoms with Crippen LogP contribution in [-0.4, -0.2) is 109 Å². The molecule has 2 aromatic rings. The standard InChI is InChI=1S/C43H59N5O11S2/c1-7-9-23-48-33-28-29(39(51)44-8-2)27-31(41(53)46-22-26-61(57,58)59)38(33)43(5,6)35(48)19-14-18-34-42(3,4)37-30(40(52)45-21-12-10-11-20-36(49)50)16-13-17-32(37)47(34)24-15-25-60(54,55)56/h13-14,16-19,27-28H,7-12,15,20-26H2,1-6H3,(H5-,44,45,46,49,50,51,52,53,54,55,56,57,58,59)/p+1. The molecule has 0 unspecified atom stereocenters. The Morgan fingerprint density at radius 3 is 2.08 bits per heavy atom. The van der Waals surface area contributed by atoms with Crippen molar-refractivity contribution in [1.29, 1.82) is 0 Å². The third-order valence-corrected chi connectivity index (χ3v) is 12.5. The van der Waals surface area contributed by atoms with Crippen LogP contribution in [0.25, 0.3) is 0 Å². The predicted octanol–water partition coefficient (Wildman–Crippen LogP) is 5.12. The van der Waals surface area contributed by atoms with Gasteiger partial charge in [0.15, 0.2) is 5.71 Å². The number of carboxylic acids is 1. The van der Waals surface area contributed by atoms with Crippen molar-refractivity contribution in [2.45, 2.75) is 97.3 Å². The molecule has 0 atom stereocenters. The quantitative estimate of drug-likeness (QED) is 0.0513. The number of allylic oxidation sites excluding steroid dienone is 4. The van der Waals surface area contributed by atoms with Gasteiger partial charge in [0.2, 0.25) is 5.69 Å². The molecule has 16 nitrogen and oxygen atoms in total. The first kappa shape index (κ1) is 48.8. The number of fused-ring (bicyclic) bond motifs is 2. The molecule has 2 aromatic carbocycles. The fourth-order valence-corrected chi connectivity index (χ4v) is 9.02. The fraction of sp³-hybridized carbons (Fsp3) is 0.512. The van der Waals surface area contributed by atoms with Crippen LogP contribution in [0.3, 0.4) is 0 Å². The number of anilines is 1. The highest BCUT2D eigenvalue weighted by atomic mass is 32.2. The Balaban J connectivity index is 1.81. The van der Waals surface area contributed by atoms with Crippen molar-refractivity contribution >= 4 is 61.0 Å². The molecule has 3 amide bonds. The van der Waals surface area contributed by atoms with Crippen LogP contribution in [0.5, 0.6) is 0 Å². The smallest absolute Gasteiger partial charge is 0.303 e. The molecule has 0 saturated carbocycles. The highest BCUT2D eigenvalue weighted by molar-refractivity contribution is 7.86. The second-order valence-electron chi connectivity index (χ2n) is 16.3. The highest BCUT2D eigenvalue weighted by Crippen LogP contribution is 2.50. The minimum atomic E-state index is -4.35. The summed E-state index contributed by atoms with van der Waals surface area (Å²) < 4.78 is 67.2.